The normalized spacial score (nSPS) is 9.33. The van der Waals surface area contributed by atoms with E-state index in [2.05, 4.69) is 0 Å². The maximum atomic E-state index is 8.29. The van der Waals surface area contributed by atoms with Crippen LogP contribution in [0.3, 0.4) is 0 Å². The summed E-state index contributed by atoms with van der Waals surface area (Å²) < 4.78 is 0. The summed E-state index contributed by atoms with van der Waals surface area (Å²) in [4.78, 5) is 0. The molecule has 1 rings (SSSR count). The minimum absolute atomic E-state index is 0.759. The van der Waals surface area contributed by atoms with Crippen molar-refractivity contribution in [3.8, 4) is 5.40 Å². The number of nitrogens with zero attached hydrogens (tertiary/aromatic N) is 1. The molecule has 1 aromatic rings. The van der Waals surface area contributed by atoms with E-state index in [1.165, 1.54) is 17.3 Å². The van der Waals surface area contributed by atoms with Gasteiger partial charge in [0.15, 0.2) is 0 Å². The molecule has 0 amide bonds. The number of thioether (sulfide) groups is 1. The number of aryl methyl sites for hydroxylation is 1. The molecule has 0 heterocycles. The van der Waals surface area contributed by atoms with Crippen LogP contribution in [0.5, 0.6) is 0 Å². The van der Waals surface area contributed by atoms with Crippen LogP contribution in [-0.2, 0) is 6.42 Å². The fraction of sp³-hybridized carbons (Fsp3) is 0.222. The maximum Gasteiger partial charge on any atom is 0.133 e. The molecule has 0 aromatic heterocycles. The highest BCUT2D eigenvalue weighted by atomic mass is 35.5. The summed E-state index contributed by atoms with van der Waals surface area (Å²) in [5.41, 5.74) is 1.19. The van der Waals surface area contributed by atoms with Crippen molar-refractivity contribution in [2.45, 2.75) is 6.42 Å². The van der Waals surface area contributed by atoms with Crippen molar-refractivity contribution in [3.05, 3.63) is 34.9 Å². The third-order valence-corrected chi connectivity index (χ3v) is 2.22. The Morgan fingerprint density at radius 3 is 3.00 bits per heavy atom. The van der Waals surface area contributed by atoms with Gasteiger partial charge in [0, 0.05) is 10.8 Å². The summed E-state index contributed by atoms with van der Waals surface area (Å²) in [6, 6.07) is 7.72. The predicted molar refractivity (Wildman–Crippen MR) is 53.2 cm³/mol. The molecule has 0 atom stereocenters. The van der Waals surface area contributed by atoms with Crippen molar-refractivity contribution in [3.63, 3.8) is 0 Å². The van der Waals surface area contributed by atoms with Gasteiger partial charge < -0.3 is 0 Å². The Balaban J connectivity index is 2.48. The van der Waals surface area contributed by atoms with Crippen molar-refractivity contribution < 1.29 is 0 Å². The van der Waals surface area contributed by atoms with Crippen LogP contribution in [0.25, 0.3) is 0 Å². The standard InChI is InChI=1S/C9H8ClNS/c10-9-3-1-2-8(6-9)4-5-12-7-11/h1-3,6H,4-5H2. The van der Waals surface area contributed by atoms with Gasteiger partial charge in [0.25, 0.3) is 0 Å². The van der Waals surface area contributed by atoms with E-state index in [-0.39, 0.29) is 0 Å². The van der Waals surface area contributed by atoms with Crippen LogP contribution in [0, 0.1) is 10.7 Å². The number of hydrogen-bond donors (Lipinski definition) is 0. The zero-order valence-corrected chi connectivity index (χ0v) is 8.03. The molecular formula is C9H8ClNS. The van der Waals surface area contributed by atoms with Gasteiger partial charge in [-0.25, -0.2) is 0 Å². The number of nitriles is 1. The van der Waals surface area contributed by atoms with Crippen LogP contribution < -0.4 is 0 Å². The average Bonchev–Trinajstić information content (AvgIpc) is 2.05. The summed E-state index contributed by atoms with van der Waals surface area (Å²) >= 11 is 7.06. The highest BCUT2D eigenvalue weighted by Crippen LogP contribution is 2.12. The molecule has 1 nitrogen and oxygen atoms in total. The molecule has 3 heteroatoms. The van der Waals surface area contributed by atoms with E-state index in [1.54, 1.807) is 0 Å². The summed E-state index contributed by atoms with van der Waals surface area (Å²) in [7, 11) is 0. The Hall–Kier alpha value is -0.650. The van der Waals surface area contributed by atoms with E-state index in [4.69, 9.17) is 16.9 Å². The lowest BCUT2D eigenvalue weighted by Crippen LogP contribution is -1.86. The van der Waals surface area contributed by atoms with Crippen molar-refractivity contribution in [1.29, 1.82) is 5.26 Å². The van der Waals surface area contributed by atoms with Gasteiger partial charge in [0.2, 0.25) is 0 Å². The molecule has 0 saturated heterocycles. The van der Waals surface area contributed by atoms with E-state index < -0.39 is 0 Å². The average molecular weight is 198 g/mol. The van der Waals surface area contributed by atoms with Gasteiger partial charge >= 0.3 is 0 Å². The Morgan fingerprint density at radius 2 is 2.33 bits per heavy atom. The first-order chi connectivity index (χ1) is 5.83. The van der Waals surface area contributed by atoms with Crippen LogP contribution >= 0.6 is 23.4 Å². The molecule has 0 aliphatic carbocycles. The van der Waals surface area contributed by atoms with Gasteiger partial charge in [0.05, 0.1) is 0 Å². The lowest BCUT2D eigenvalue weighted by atomic mass is 10.2. The van der Waals surface area contributed by atoms with E-state index in [0.717, 1.165) is 17.2 Å². The van der Waals surface area contributed by atoms with E-state index in [1.807, 2.05) is 29.7 Å². The van der Waals surface area contributed by atoms with Crippen LogP contribution in [0.4, 0.5) is 0 Å². The molecule has 0 bridgehead atoms. The number of hydrogen-bond acceptors (Lipinski definition) is 2. The highest BCUT2D eigenvalue weighted by Gasteiger charge is 1.93. The second-order valence-electron chi connectivity index (χ2n) is 2.32. The smallest absolute Gasteiger partial charge is 0.133 e. The maximum absolute atomic E-state index is 8.29. The molecule has 1 aromatic carbocycles. The summed E-state index contributed by atoms with van der Waals surface area (Å²) in [6.07, 6.45) is 0.902. The van der Waals surface area contributed by atoms with Crippen molar-refractivity contribution in [2.75, 3.05) is 5.75 Å². The largest absolute Gasteiger partial charge is 0.185 e. The fourth-order valence-electron chi connectivity index (χ4n) is 0.907. The second-order valence-corrected chi connectivity index (χ2v) is 3.64. The number of rotatable bonds is 3. The molecule has 0 fully saturated rings. The van der Waals surface area contributed by atoms with Crippen LogP contribution in [0.1, 0.15) is 5.56 Å². The summed E-state index contributed by atoms with van der Waals surface area (Å²) in [5, 5.41) is 11.1. The van der Waals surface area contributed by atoms with Crippen LogP contribution in [0.2, 0.25) is 5.02 Å². The second kappa shape index (κ2) is 5.08. The Kier molecular flexibility index (Phi) is 3.99. The molecular weight excluding hydrogens is 190 g/mol. The van der Waals surface area contributed by atoms with Gasteiger partial charge in [-0.15, -0.1) is 0 Å². The SMILES string of the molecule is N#CSCCc1cccc(Cl)c1. The topological polar surface area (TPSA) is 23.8 Å². The Morgan fingerprint density at radius 1 is 1.50 bits per heavy atom. The third kappa shape index (κ3) is 3.17. The van der Waals surface area contributed by atoms with Crippen molar-refractivity contribution in [2.24, 2.45) is 0 Å². The number of benzene rings is 1. The zero-order chi connectivity index (χ0) is 8.81. The van der Waals surface area contributed by atoms with E-state index in [0.29, 0.717) is 0 Å². The molecule has 62 valence electrons. The monoisotopic (exact) mass is 197 g/mol. The third-order valence-electron chi connectivity index (χ3n) is 1.45. The van der Waals surface area contributed by atoms with Crippen molar-refractivity contribution >= 4 is 23.4 Å². The molecule has 0 aliphatic rings. The number of thiocyanates is 1. The van der Waals surface area contributed by atoms with Crippen LogP contribution in [-0.4, -0.2) is 5.75 Å². The fourth-order valence-corrected chi connectivity index (χ4v) is 1.55. The Bertz CT molecular complexity index is 293. The lowest BCUT2D eigenvalue weighted by molar-refractivity contribution is 1.16. The van der Waals surface area contributed by atoms with Gasteiger partial charge in [-0.3, -0.25) is 0 Å². The highest BCUT2D eigenvalue weighted by molar-refractivity contribution is 8.03. The van der Waals surface area contributed by atoms with Crippen molar-refractivity contribution in [1.82, 2.24) is 0 Å². The molecule has 0 aliphatic heterocycles. The molecule has 0 unspecified atom stereocenters. The summed E-state index contributed by atoms with van der Waals surface area (Å²) in [5.74, 6) is 0.830. The first-order valence-electron chi connectivity index (χ1n) is 3.58. The van der Waals surface area contributed by atoms with Gasteiger partial charge in [-0.05, 0) is 35.9 Å². The zero-order valence-electron chi connectivity index (χ0n) is 6.46. The van der Waals surface area contributed by atoms with Gasteiger partial charge in [-0.2, -0.15) is 5.26 Å². The minimum atomic E-state index is 0.759. The van der Waals surface area contributed by atoms with Gasteiger partial charge in [-0.1, -0.05) is 23.7 Å². The first kappa shape index (κ1) is 9.44. The molecule has 0 radical (unpaired) electrons. The summed E-state index contributed by atoms with van der Waals surface area (Å²) in [6.45, 7) is 0. The number of halogens is 1. The Labute approximate surface area is 81.3 Å². The van der Waals surface area contributed by atoms with Crippen LogP contribution in [0.15, 0.2) is 24.3 Å². The lowest BCUT2D eigenvalue weighted by Gasteiger charge is -1.97. The van der Waals surface area contributed by atoms with E-state index >= 15 is 0 Å². The van der Waals surface area contributed by atoms with Gasteiger partial charge in [0.1, 0.15) is 5.40 Å². The first-order valence-corrected chi connectivity index (χ1v) is 4.94. The molecule has 0 saturated carbocycles. The quantitative estimate of drug-likeness (QED) is 0.549. The molecule has 0 spiro atoms. The predicted octanol–water partition coefficient (Wildman–Crippen LogP) is 3.10. The minimum Gasteiger partial charge on any atom is -0.185 e. The molecule has 0 N–H and O–H groups in total. The van der Waals surface area contributed by atoms with E-state index in [9.17, 15) is 0 Å². The molecule has 12 heavy (non-hydrogen) atoms.